The largest absolute Gasteiger partial charge is 0.497 e. The van der Waals surface area contributed by atoms with Crippen molar-refractivity contribution in [3.63, 3.8) is 0 Å². The third-order valence-corrected chi connectivity index (χ3v) is 6.19. The fraction of sp³-hybridized carbons (Fsp3) is 0.333. The lowest BCUT2D eigenvalue weighted by Gasteiger charge is -2.23. The lowest BCUT2D eigenvalue weighted by Crippen LogP contribution is -2.37. The summed E-state index contributed by atoms with van der Waals surface area (Å²) in [7, 11) is 0.198. The minimum Gasteiger partial charge on any atom is -0.497 e. The molecule has 138 valence electrons. The van der Waals surface area contributed by atoms with Crippen LogP contribution in [0.15, 0.2) is 42.7 Å². The number of rotatable bonds is 5. The van der Waals surface area contributed by atoms with Crippen LogP contribution < -0.4 is 10.1 Å². The van der Waals surface area contributed by atoms with Crippen molar-refractivity contribution in [2.75, 3.05) is 31.0 Å². The molecule has 1 amide bonds. The molecule has 1 aliphatic heterocycles. The molecule has 1 fully saturated rings. The lowest BCUT2D eigenvalue weighted by molar-refractivity contribution is 0.0747. The molecular weight excluding hydrogens is 354 g/mol. The average molecular weight is 375 g/mol. The van der Waals surface area contributed by atoms with Crippen LogP contribution in [0.5, 0.6) is 5.75 Å². The van der Waals surface area contributed by atoms with Gasteiger partial charge in [-0.2, -0.15) is 0 Å². The molecule has 0 saturated carbocycles. The molecule has 0 radical (unpaired) electrons. The number of nitrogens with zero attached hydrogens (tertiary/aromatic N) is 2. The molecule has 8 heteroatoms. The number of aromatic nitrogens is 1. The van der Waals surface area contributed by atoms with Crippen LogP contribution in [0, 0.1) is 0 Å². The Morgan fingerprint density at radius 3 is 2.58 bits per heavy atom. The van der Waals surface area contributed by atoms with Crippen LogP contribution in [0.3, 0.4) is 0 Å². The first-order chi connectivity index (χ1) is 12.4. The Kier molecular flexibility index (Phi) is 5.13. The van der Waals surface area contributed by atoms with Gasteiger partial charge in [-0.3, -0.25) is 9.78 Å². The molecule has 1 saturated heterocycles. The molecule has 2 heterocycles. The number of carbonyl (C=O) groups is 1. The Balaban J connectivity index is 1.72. The molecule has 1 unspecified atom stereocenters. The van der Waals surface area contributed by atoms with E-state index in [9.17, 15) is 13.2 Å². The lowest BCUT2D eigenvalue weighted by atomic mass is 10.2. The topological polar surface area (TPSA) is 88.6 Å². The fourth-order valence-corrected chi connectivity index (χ4v) is 4.69. The van der Waals surface area contributed by atoms with Crippen molar-refractivity contribution in [2.45, 2.75) is 12.5 Å². The van der Waals surface area contributed by atoms with E-state index in [2.05, 4.69) is 10.3 Å². The quantitative estimate of drug-likeness (QED) is 0.861. The highest BCUT2D eigenvalue weighted by molar-refractivity contribution is 7.91. The standard InChI is InChI=1S/C18H21N3O4S/c1-21(16-7-8-26(23,24)12-16)18(22)13-9-15(11-19-10-13)20-14-3-5-17(25-2)6-4-14/h3-6,9-11,16,20H,7-8,12H2,1-2H3. The number of sulfone groups is 1. The maximum Gasteiger partial charge on any atom is 0.255 e. The van der Waals surface area contributed by atoms with Gasteiger partial charge in [0, 0.05) is 25.0 Å². The fourth-order valence-electron chi connectivity index (χ4n) is 2.92. The minimum atomic E-state index is -3.04. The van der Waals surface area contributed by atoms with Gasteiger partial charge >= 0.3 is 0 Å². The van der Waals surface area contributed by atoms with Gasteiger partial charge in [0.2, 0.25) is 0 Å². The van der Waals surface area contributed by atoms with E-state index in [0.717, 1.165) is 11.4 Å². The number of nitrogens with one attached hydrogen (secondary N) is 1. The van der Waals surface area contributed by atoms with E-state index in [1.807, 2.05) is 24.3 Å². The van der Waals surface area contributed by atoms with E-state index >= 15 is 0 Å². The van der Waals surface area contributed by atoms with Crippen molar-refractivity contribution in [1.29, 1.82) is 0 Å². The second kappa shape index (κ2) is 7.33. The molecule has 0 spiro atoms. The number of pyridine rings is 1. The highest BCUT2D eigenvalue weighted by Gasteiger charge is 2.33. The molecule has 3 rings (SSSR count). The van der Waals surface area contributed by atoms with Crippen molar-refractivity contribution in [1.82, 2.24) is 9.88 Å². The predicted octanol–water partition coefficient (Wildman–Crippen LogP) is 2.09. The van der Waals surface area contributed by atoms with Gasteiger partial charge in [0.25, 0.3) is 5.91 Å². The van der Waals surface area contributed by atoms with E-state index in [4.69, 9.17) is 4.74 Å². The van der Waals surface area contributed by atoms with Gasteiger partial charge in [0.1, 0.15) is 5.75 Å². The molecular formula is C18H21N3O4S. The zero-order valence-corrected chi connectivity index (χ0v) is 15.5. The smallest absolute Gasteiger partial charge is 0.255 e. The van der Waals surface area contributed by atoms with Gasteiger partial charge in [0.15, 0.2) is 9.84 Å². The molecule has 1 aliphatic rings. The molecule has 1 aromatic carbocycles. The van der Waals surface area contributed by atoms with Crippen LogP contribution in [-0.4, -0.2) is 55.9 Å². The van der Waals surface area contributed by atoms with Crippen LogP contribution in [-0.2, 0) is 9.84 Å². The summed E-state index contributed by atoms with van der Waals surface area (Å²) in [5.41, 5.74) is 1.93. The van der Waals surface area contributed by atoms with Gasteiger partial charge in [-0.05, 0) is 36.8 Å². The van der Waals surface area contributed by atoms with Crippen molar-refractivity contribution >= 4 is 27.1 Å². The van der Waals surface area contributed by atoms with Crippen LogP contribution >= 0.6 is 0 Å². The second-order valence-electron chi connectivity index (χ2n) is 6.29. The van der Waals surface area contributed by atoms with E-state index in [1.54, 1.807) is 26.4 Å². The maximum absolute atomic E-state index is 12.7. The van der Waals surface area contributed by atoms with Crippen LogP contribution in [0.25, 0.3) is 0 Å². The third-order valence-electron chi connectivity index (χ3n) is 4.44. The summed E-state index contributed by atoms with van der Waals surface area (Å²) >= 11 is 0. The van der Waals surface area contributed by atoms with Gasteiger partial charge < -0.3 is 15.0 Å². The minimum absolute atomic E-state index is 0.0203. The van der Waals surface area contributed by atoms with E-state index < -0.39 is 9.84 Å². The van der Waals surface area contributed by atoms with Crippen molar-refractivity contribution < 1.29 is 17.9 Å². The van der Waals surface area contributed by atoms with E-state index in [1.165, 1.54) is 11.1 Å². The third kappa shape index (κ3) is 4.13. The Hall–Kier alpha value is -2.61. The number of hydrogen-bond donors (Lipinski definition) is 1. The van der Waals surface area contributed by atoms with Crippen LogP contribution in [0.4, 0.5) is 11.4 Å². The first kappa shape index (κ1) is 18.2. The second-order valence-corrected chi connectivity index (χ2v) is 8.52. The number of hydrogen-bond acceptors (Lipinski definition) is 6. The van der Waals surface area contributed by atoms with Crippen molar-refractivity contribution in [3.05, 3.63) is 48.3 Å². The molecule has 2 aromatic rings. The summed E-state index contributed by atoms with van der Waals surface area (Å²) in [5.74, 6) is 0.669. The highest BCUT2D eigenvalue weighted by Crippen LogP contribution is 2.22. The normalized spacial score (nSPS) is 18.3. The number of carbonyl (C=O) groups excluding carboxylic acids is 1. The molecule has 0 bridgehead atoms. The molecule has 26 heavy (non-hydrogen) atoms. The summed E-state index contributed by atoms with van der Waals surface area (Å²) in [6.07, 6.45) is 3.59. The number of methoxy groups -OCH3 is 1. The summed E-state index contributed by atoms with van der Waals surface area (Å²) < 4.78 is 28.4. The zero-order valence-electron chi connectivity index (χ0n) is 14.7. The highest BCUT2D eigenvalue weighted by atomic mass is 32.2. The van der Waals surface area contributed by atoms with Gasteiger partial charge in [-0.1, -0.05) is 0 Å². The van der Waals surface area contributed by atoms with Crippen molar-refractivity contribution in [3.8, 4) is 5.75 Å². The molecule has 1 N–H and O–H groups in total. The first-order valence-corrected chi connectivity index (χ1v) is 10.0. The van der Waals surface area contributed by atoms with E-state index in [-0.39, 0.29) is 23.5 Å². The molecule has 0 aliphatic carbocycles. The van der Waals surface area contributed by atoms with Gasteiger partial charge in [-0.15, -0.1) is 0 Å². The van der Waals surface area contributed by atoms with Crippen LogP contribution in [0.1, 0.15) is 16.8 Å². The Bertz CT molecular complexity index is 897. The maximum atomic E-state index is 12.7. The molecule has 1 aromatic heterocycles. The Morgan fingerprint density at radius 1 is 1.23 bits per heavy atom. The van der Waals surface area contributed by atoms with E-state index in [0.29, 0.717) is 17.7 Å². The molecule has 1 atom stereocenters. The first-order valence-electron chi connectivity index (χ1n) is 8.22. The number of benzene rings is 1. The zero-order chi connectivity index (χ0) is 18.7. The van der Waals surface area contributed by atoms with Crippen LogP contribution in [0.2, 0.25) is 0 Å². The number of ether oxygens (including phenoxy) is 1. The number of anilines is 2. The van der Waals surface area contributed by atoms with Gasteiger partial charge in [0.05, 0.1) is 36.1 Å². The monoisotopic (exact) mass is 375 g/mol. The summed E-state index contributed by atoms with van der Waals surface area (Å²) in [4.78, 5) is 18.3. The summed E-state index contributed by atoms with van der Waals surface area (Å²) in [6.45, 7) is 0. The Morgan fingerprint density at radius 2 is 1.96 bits per heavy atom. The predicted molar refractivity (Wildman–Crippen MR) is 99.7 cm³/mol. The van der Waals surface area contributed by atoms with Crippen molar-refractivity contribution in [2.24, 2.45) is 0 Å². The number of amides is 1. The summed E-state index contributed by atoms with van der Waals surface area (Å²) in [6, 6.07) is 8.81. The summed E-state index contributed by atoms with van der Waals surface area (Å²) in [5, 5.41) is 3.19. The van der Waals surface area contributed by atoms with Gasteiger partial charge in [-0.25, -0.2) is 8.42 Å². The Labute approximate surface area is 152 Å². The molecule has 7 nitrogen and oxygen atoms in total. The SMILES string of the molecule is COc1ccc(Nc2cncc(C(=O)N(C)C3CCS(=O)(=O)C3)c2)cc1. The average Bonchev–Trinajstić information content (AvgIpc) is 3.01.